The number of nitrogens with zero attached hydrogens (tertiary/aromatic N) is 3. The Hall–Kier alpha value is -2.14. The molecule has 1 amide bonds. The van der Waals surface area contributed by atoms with Crippen molar-refractivity contribution in [2.45, 2.75) is 51.7 Å². The van der Waals surface area contributed by atoms with Gasteiger partial charge in [-0.05, 0) is 58.4 Å². The number of rotatable bonds is 8. The van der Waals surface area contributed by atoms with E-state index in [2.05, 4.69) is 37.6 Å². The third kappa shape index (κ3) is 3.51. The molecule has 1 unspecified atom stereocenters. The summed E-state index contributed by atoms with van der Waals surface area (Å²) in [5.41, 5.74) is 5.62. The number of carbonyl (C=O) groups is 1. The van der Waals surface area contributed by atoms with Gasteiger partial charge >= 0.3 is 0 Å². The van der Waals surface area contributed by atoms with Crippen LogP contribution in [0.25, 0.3) is 0 Å². The lowest BCUT2D eigenvalue weighted by molar-refractivity contribution is -0.125. The quantitative estimate of drug-likeness (QED) is 0.810. The molecule has 0 bridgehead atoms. The van der Waals surface area contributed by atoms with E-state index in [0.717, 1.165) is 6.54 Å². The molecule has 1 atom stereocenters. The van der Waals surface area contributed by atoms with Crippen molar-refractivity contribution in [2.24, 2.45) is 5.73 Å². The van der Waals surface area contributed by atoms with Crippen LogP contribution in [-0.2, 0) is 10.3 Å². The van der Waals surface area contributed by atoms with E-state index in [0.29, 0.717) is 24.2 Å². The largest absolute Gasteiger partial charge is 0.367 e. The van der Waals surface area contributed by atoms with Crippen molar-refractivity contribution in [3.8, 4) is 0 Å². The summed E-state index contributed by atoms with van der Waals surface area (Å²) in [6, 6.07) is 10.2. The van der Waals surface area contributed by atoms with Gasteiger partial charge in [-0.3, -0.25) is 14.7 Å². The van der Waals surface area contributed by atoms with Crippen molar-refractivity contribution in [3.63, 3.8) is 0 Å². The minimum absolute atomic E-state index is 0.384. The Balaban J connectivity index is 2.45. The average molecular weight is 328 g/mol. The minimum Gasteiger partial charge on any atom is -0.367 e. The molecule has 24 heavy (non-hydrogen) atoms. The number of amides is 1. The summed E-state index contributed by atoms with van der Waals surface area (Å²) in [4.78, 5) is 19.4. The lowest BCUT2D eigenvalue weighted by Crippen LogP contribution is -2.50. The lowest BCUT2D eigenvalue weighted by atomic mass is 9.88. The molecule has 2 aromatic rings. The first-order chi connectivity index (χ1) is 11.4. The van der Waals surface area contributed by atoms with Crippen LogP contribution in [0.2, 0.25) is 0 Å². The highest BCUT2D eigenvalue weighted by atomic mass is 16.1. The maximum atomic E-state index is 12.6. The summed E-state index contributed by atoms with van der Waals surface area (Å²) in [5.74, 6) is -0.384. The van der Waals surface area contributed by atoms with Crippen molar-refractivity contribution >= 4 is 5.91 Å². The van der Waals surface area contributed by atoms with Crippen LogP contribution in [0.1, 0.15) is 39.8 Å². The Labute approximate surface area is 144 Å². The zero-order chi connectivity index (χ0) is 17.7. The number of nitrogens with two attached hydrogens (primary N) is 1. The van der Waals surface area contributed by atoms with Crippen molar-refractivity contribution < 1.29 is 4.79 Å². The topological polar surface area (TPSA) is 64.2 Å². The molecule has 2 rings (SSSR count). The van der Waals surface area contributed by atoms with Gasteiger partial charge in [0, 0.05) is 37.2 Å². The Morgan fingerprint density at radius 1 is 1.17 bits per heavy atom. The van der Waals surface area contributed by atoms with Gasteiger partial charge in [0.1, 0.15) is 0 Å². The first-order valence-corrected chi connectivity index (χ1v) is 8.50. The first-order valence-electron chi connectivity index (χ1n) is 8.50. The molecule has 2 heterocycles. The highest BCUT2D eigenvalue weighted by molar-refractivity contribution is 5.86. The van der Waals surface area contributed by atoms with Crippen LogP contribution in [0.15, 0.2) is 48.9 Å². The monoisotopic (exact) mass is 328 g/mol. The number of carbonyl (C=O) groups excluding carboxylic acids is 1. The Morgan fingerprint density at radius 3 is 2.25 bits per heavy atom. The third-order valence-corrected chi connectivity index (χ3v) is 4.60. The van der Waals surface area contributed by atoms with Gasteiger partial charge in [-0.2, -0.15) is 0 Å². The van der Waals surface area contributed by atoms with E-state index in [-0.39, 0.29) is 5.91 Å². The molecule has 0 saturated carbocycles. The van der Waals surface area contributed by atoms with E-state index >= 15 is 0 Å². The molecule has 0 aliphatic carbocycles. The molecule has 130 valence electrons. The number of primary amides is 1. The Kier molecular flexibility index (Phi) is 5.78. The second-order valence-electron chi connectivity index (χ2n) is 6.71. The van der Waals surface area contributed by atoms with E-state index in [1.54, 1.807) is 6.20 Å². The standard InChI is InChI=1S/C19H28N4O/c1-15(2)23(16(3)4)14-10-19(18(20)24,22-12-7-8-13-22)17-9-5-6-11-21-17/h5-9,11-13,15-16H,10,14H2,1-4H3,(H2,20,24). The molecular formula is C19H28N4O. The molecule has 5 heteroatoms. The molecule has 2 aromatic heterocycles. The molecular weight excluding hydrogens is 300 g/mol. The molecule has 5 nitrogen and oxygen atoms in total. The van der Waals surface area contributed by atoms with Crippen LogP contribution in [0.3, 0.4) is 0 Å². The van der Waals surface area contributed by atoms with Crippen LogP contribution >= 0.6 is 0 Å². The van der Waals surface area contributed by atoms with E-state index in [4.69, 9.17) is 5.73 Å². The van der Waals surface area contributed by atoms with Gasteiger partial charge < -0.3 is 10.3 Å². The molecule has 2 N–H and O–H groups in total. The molecule has 0 saturated heterocycles. The third-order valence-electron chi connectivity index (χ3n) is 4.60. The summed E-state index contributed by atoms with van der Waals surface area (Å²) in [7, 11) is 0. The average Bonchev–Trinajstić information content (AvgIpc) is 3.06. The maximum Gasteiger partial charge on any atom is 0.249 e. The van der Waals surface area contributed by atoms with E-state index < -0.39 is 5.54 Å². The van der Waals surface area contributed by atoms with Gasteiger partial charge in [0.25, 0.3) is 0 Å². The smallest absolute Gasteiger partial charge is 0.249 e. The van der Waals surface area contributed by atoms with E-state index in [1.807, 2.05) is 47.3 Å². The van der Waals surface area contributed by atoms with Crippen LogP contribution in [0.5, 0.6) is 0 Å². The molecule has 0 aliphatic rings. The number of hydrogen-bond donors (Lipinski definition) is 1. The number of pyridine rings is 1. The van der Waals surface area contributed by atoms with Gasteiger partial charge in [-0.25, -0.2) is 0 Å². The fourth-order valence-electron chi connectivity index (χ4n) is 3.37. The predicted molar refractivity (Wildman–Crippen MR) is 96.5 cm³/mol. The van der Waals surface area contributed by atoms with Crippen molar-refractivity contribution in [2.75, 3.05) is 6.54 Å². The maximum absolute atomic E-state index is 12.6. The second-order valence-corrected chi connectivity index (χ2v) is 6.71. The predicted octanol–water partition coefficient (Wildman–Crippen LogP) is 2.62. The van der Waals surface area contributed by atoms with Crippen LogP contribution < -0.4 is 5.73 Å². The fourth-order valence-corrected chi connectivity index (χ4v) is 3.37. The normalized spacial score (nSPS) is 14.3. The molecule has 0 spiro atoms. The Bertz CT molecular complexity index is 629. The minimum atomic E-state index is -0.979. The summed E-state index contributed by atoms with van der Waals surface area (Å²) in [6.07, 6.45) is 6.05. The van der Waals surface area contributed by atoms with Gasteiger partial charge in [0.2, 0.25) is 5.91 Å². The highest BCUT2D eigenvalue weighted by Gasteiger charge is 2.41. The number of hydrogen-bond acceptors (Lipinski definition) is 3. The van der Waals surface area contributed by atoms with Gasteiger partial charge in [0.05, 0.1) is 5.69 Å². The summed E-state index contributed by atoms with van der Waals surface area (Å²) < 4.78 is 1.89. The van der Waals surface area contributed by atoms with Gasteiger partial charge in [-0.15, -0.1) is 0 Å². The molecule has 0 radical (unpaired) electrons. The lowest BCUT2D eigenvalue weighted by Gasteiger charge is -2.37. The molecule has 0 aliphatic heterocycles. The zero-order valence-electron chi connectivity index (χ0n) is 15.0. The SMILES string of the molecule is CC(C)N(CCC(C(N)=O)(c1ccccn1)n1cccc1)C(C)C. The van der Waals surface area contributed by atoms with Crippen molar-refractivity contribution in [1.29, 1.82) is 0 Å². The number of aromatic nitrogens is 2. The van der Waals surface area contributed by atoms with Crippen LogP contribution in [-0.4, -0.2) is 39.0 Å². The second kappa shape index (κ2) is 7.62. The van der Waals surface area contributed by atoms with Crippen LogP contribution in [0.4, 0.5) is 0 Å². The van der Waals surface area contributed by atoms with Crippen molar-refractivity contribution in [1.82, 2.24) is 14.5 Å². The summed E-state index contributed by atoms with van der Waals surface area (Å²) in [6.45, 7) is 9.43. The first kappa shape index (κ1) is 18.2. The van der Waals surface area contributed by atoms with Gasteiger partial charge in [0.15, 0.2) is 5.54 Å². The Morgan fingerprint density at radius 2 is 1.79 bits per heavy atom. The fraction of sp³-hybridized carbons (Fsp3) is 0.474. The summed E-state index contributed by atoms with van der Waals surface area (Å²) in [5, 5.41) is 0. The van der Waals surface area contributed by atoms with Crippen LogP contribution in [0, 0.1) is 0 Å². The van der Waals surface area contributed by atoms with E-state index in [1.165, 1.54) is 0 Å². The van der Waals surface area contributed by atoms with Gasteiger partial charge in [-0.1, -0.05) is 6.07 Å². The zero-order valence-corrected chi connectivity index (χ0v) is 15.0. The molecule has 0 aromatic carbocycles. The highest BCUT2D eigenvalue weighted by Crippen LogP contribution is 2.30. The molecule has 0 fully saturated rings. The van der Waals surface area contributed by atoms with E-state index in [9.17, 15) is 4.79 Å². The summed E-state index contributed by atoms with van der Waals surface area (Å²) >= 11 is 0. The van der Waals surface area contributed by atoms with Crippen molar-refractivity contribution in [3.05, 3.63) is 54.6 Å².